The quantitative estimate of drug-likeness (QED) is 0.0311. The number of benzene rings is 1. The van der Waals surface area contributed by atoms with Crippen molar-refractivity contribution in [3.05, 3.63) is 29.8 Å². The summed E-state index contributed by atoms with van der Waals surface area (Å²) in [6, 6.07) is -4.10. The number of nitrogens with two attached hydrogens (primary N) is 4. The Hall–Kier alpha value is -8.57. The molecule has 1 aromatic carbocycles. The summed E-state index contributed by atoms with van der Waals surface area (Å²) in [5, 5.41) is 27.4. The number of nitrogens with one attached hydrogen (secondary N) is 8. The number of aromatic hydroxyl groups is 1. The van der Waals surface area contributed by atoms with Gasteiger partial charge < -0.3 is 75.5 Å². The molecule has 17 N–H and O–H groups in total. The van der Waals surface area contributed by atoms with Gasteiger partial charge in [-0.3, -0.25) is 57.5 Å². The van der Waals surface area contributed by atoms with Gasteiger partial charge in [-0.15, -0.1) is 0 Å². The van der Waals surface area contributed by atoms with Crippen molar-refractivity contribution in [1.29, 1.82) is 0 Å². The Balaban J connectivity index is 2.20. The molecule has 7 atom stereocenters. The Bertz CT molecular complexity index is 2930. The normalized spacial score (nSPS) is 16.1. The third-order valence-corrected chi connectivity index (χ3v) is 14.4. The van der Waals surface area contributed by atoms with Gasteiger partial charge >= 0.3 is 47.6 Å². The molecule has 1 fully saturated rings. The lowest BCUT2D eigenvalue weighted by Gasteiger charge is -2.42. The number of halogens is 17. The van der Waals surface area contributed by atoms with Crippen LogP contribution in [0, 0.1) is 5.92 Å². The molecule has 2 rings (SSSR count). The summed E-state index contributed by atoms with van der Waals surface area (Å²) < 4.78 is 232. The zero-order valence-corrected chi connectivity index (χ0v) is 49.9. The first kappa shape index (κ1) is 82.5. The van der Waals surface area contributed by atoms with E-state index in [4.69, 9.17) is 22.9 Å². The molecule has 0 spiro atoms. The van der Waals surface area contributed by atoms with E-state index >= 15 is 0 Å². The number of unbranched alkanes of at least 4 members (excludes halogenated alkanes) is 1. The predicted molar refractivity (Wildman–Crippen MR) is 289 cm³/mol. The zero-order valence-electron chi connectivity index (χ0n) is 49.9. The molecule has 1 aliphatic heterocycles. The summed E-state index contributed by atoms with van der Waals surface area (Å²) in [6.07, 6.45) is -16.4. The molecule has 1 saturated heterocycles. The molecule has 0 bridgehead atoms. The number of likely N-dealkylation sites (tertiary alicyclic amines) is 1. The minimum Gasteiger partial charge on any atom is -0.508 e. The van der Waals surface area contributed by atoms with Crippen molar-refractivity contribution >= 4 is 70.9 Å². The number of phenolic OH excluding ortho intramolecular Hbond substituents is 1. The van der Waals surface area contributed by atoms with Crippen molar-refractivity contribution in [3.8, 4) is 5.75 Å². The fourth-order valence-electron chi connectivity index (χ4n) is 8.76. The molecule has 95 heavy (non-hydrogen) atoms. The second kappa shape index (κ2) is 33.7. The van der Waals surface area contributed by atoms with E-state index in [1.54, 1.807) is 12.2 Å². The highest BCUT2D eigenvalue weighted by Crippen LogP contribution is 2.64. The second-order valence-corrected chi connectivity index (χ2v) is 21.6. The number of rotatable bonds is 39. The summed E-state index contributed by atoms with van der Waals surface area (Å²) >= 11 is 0. The average molecular weight is 1410 g/mol. The molecule has 12 amide bonds. The lowest BCUT2D eigenvalue weighted by molar-refractivity contribution is -0.461. The van der Waals surface area contributed by atoms with Gasteiger partial charge in [0.25, 0.3) is 0 Å². The number of carbonyl (C=O) groups excluding carboxylic acids is 12. The molecule has 0 saturated carbocycles. The molecule has 1 aliphatic rings. The Kier molecular flexibility index (Phi) is 29.3. The number of primary amides is 3. The Labute approximate surface area is 526 Å². The largest absolute Gasteiger partial charge is 0.508 e. The summed E-state index contributed by atoms with van der Waals surface area (Å²) in [6.45, 7) is -0.166. The van der Waals surface area contributed by atoms with Crippen LogP contribution in [0.2, 0.25) is 0 Å². The molecule has 0 aliphatic carbocycles. The smallest absolute Gasteiger partial charge is 0.460 e. The summed E-state index contributed by atoms with van der Waals surface area (Å²) in [4.78, 5) is 156. The van der Waals surface area contributed by atoms with Crippen molar-refractivity contribution in [1.82, 2.24) is 47.4 Å². The third-order valence-electron chi connectivity index (χ3n) is 14.4. The van der Waals surface area contributed by atoms with E-state index in [0.29, 0.717) is 5.56 Å². The maximum Gasteiger partial charge on any atom is 0.460 e. The third kappa shape index (κ3) is 21.2. The fraction of sp³-hybridized carbons (Fsp3) is 0.654. The molecule has 26 nitrogen and oxygen atoms in total. The van der Waals surface area contributed by atoms with Gasteiger partial charge in [0.2, 0.25) is 70.9 Å². The van der Waals surface area contributed by atoms with Gasteiger partial charge in [-0.05, 0) is 62.1 Å². The van der Waals surface area contributed by atoms with Crippen LogP contribution in [-0.4, -0.2) is 198 Å². The average Bonchev–Trinajstić information content (AvgIpc) is 0.928. The van der Waals surface area contributed by atoms with E-state index in [0.717, 1.165) is 4.90 Å². The fourth-order valence-corrected chi connectivity index (χ4v) is 8.76. The van der Waals surface area contributed by atoms with Crippen LogP contribution < -0.4 is 65.5 Å². The molecule has 1 aromatic rings. The van der Waals surface area contributed by atoms with Gasteiger partial charge in [0.05, 0.1) is 26.1 Å². The Morgan fingerprint density at radius 2 is 1.07 bits per heavy atom. The topological polar surface area (TPSA) is 429 Å². The molecular weight excluding hydrogens is 1340 g/mol. The van der Waals surface area contributed by atoms with Crippen LogP contribution in [0.25, 0.3) is 0 Å². The zero-order chi connectivity index (χ0) is 73.2. The highest BCUT2D eigenvalue weighted by Gasteiger charge is 2.95. The number of nitrogens with zero attached hydrogens (tertiary/aromatic N) is 1. The first-order valence-electron chi connectivity index (χ1n) is 28.2. The predicted octanol–water partition coefficient (Wildman–Crippen LogP) is 0.289. The van der Waals surface area contributed by atoms with Crippen molar-refractivity contribution < 1.29 is 137 Å². The van der Waals surface area contributed by atoms with Gasteiger partial charge in [-0.2, -0.15) is 74.6 Å². The van der Waals surface area contributed by atoms with Crippen LogP contribution in [0.5, 0.6) is 5.75 Å². The number of hydrogen-bond acceptors (Lipinski definition) is 14. The van der Waals surface area contributed by atoms with Crippen LogP contribution in [-0.2, 0) is 64.0 Å². The standard InChI is InChI=1S/C52H68F17N13O13/c1-3-24(2)38(81-42(93)29(77-36(88)21-70)19-25-9-11-26(83)12-10-25)44(95)79-28(13-14-32(71)84)41(92)80-30(20-33(72)85)40(91)76-23-37(89)82-18-6-8-31(82)43(94)78-27(39(90)75-22-34(73)86)7-4-5-17-74-35(87)15-16-45(53,54)46(55,56)47(57,58)48(59,60)49(61,62)50(63,64)51(65,66)52(67,68)69/h9-12,24,27-31,38,83H,3-8,13-23,70H2,1-2H3,(H2,71,84)(H2,72,85)(H2,73,86)(H,74,87)(H,75,90)(H,76,91)(H,77,88)(H,78,94)(H,79,95)(H,80,92)(H,81,93). The minimum atomic E-state index is -8.84. The van der Waals surface area contributed by atoms with Crippen molar-refractivity contribution in [2.75, 3.05) is 32.7 Å². The van der Waals surface area contributed by atoms with E-state index in [2.05, 4.69) is 31.9 Å². The Morgan fingerprint density at radius 1 is 0.558 bits per heavy atom. The molecular formula is C52H68F17N13O13. The number of hydrogen-bond donors (Lipinski definition) is 13. The molecule has 1 heterocycles. The highest BCUT2D eigenvalue weighted by molar-refractivity contribution is 5.98. The van der Waals surface area contributed by atoms with Crippen LogP contribution in [0.1, 0.15) is 90.0 Å². The van der Waals surface area contributed by atoms with E-state index in [1.165, 1.54) is 31.2 Å². The van der Waals surface area contributed by atoms with Crippen LogP contribution in [0.4, 0.5) is 74.6 Å². The molecule has 538 valence electrons. The van der Waals surface area contributed by atoms with Crippen molar-refractivity contribution in [2.24, 2.45) is 28.9 Å². The number of alkyl halides is 17. The molecule has 0 aromatic heterocycles. The second-order valence-electron chi connectivity index (χ2n) is 21.6. The SMILES string of the molecule is CCC(C)C(NC(=O)C(Cc1ccc(O)cc1)NC(=O)CN)C(=O)NC(CCC(N)=O)C(=O)NC(CC(N)=O)C(=O)NCC(=O)N1CCCC1C(=O)NC(CCCCNC(=O)CCC(F)(F)C(F)(F)C(F)(F)C(F)(F)C(F)(F)C(F)(F)C(F)(F)C(F)(F)F)C(=O)NCC(N)=O. The maximum atomic E-state index is 14.4. The van der Waals surface area contributed by atoms with Crippen molar-refractivity contribution in [2.45, 2.75) is 175 Å². The van der Waals surface area contributed by atoms with E-state index in [-0.39, 0.29) is 44.4 Å². The van der Waals surface area contributed by atoms with Crippen LogP contribution >= 0.6 is 0 Å². The maximum absolute atomic E-state index is 14.4. The molecule has 7 unspecified atom stereocenters. The number of phenols is 1. The van der Waals surface area contributed by atoms with Gasteiger partial charge in [0.15, 0.2) is 0 Å². The minimum absolute atomic E-state index is 0.0851. The first-order valence-corrected chi connectivity index (χ1v) is 28.2. The van der Waals surface area contributed by atoms with Gasteiger partial charge in [-0.1, -0.05) is 32.4 Å². The summed E-state index contributed by atoms with van der Waals surface area (Å²) in [5.41, 5.74) is 21.6. The number of carbonyl (C=O) groups is 12. The lowest BCUT2D eigenvalue weighted by atomic mass is 9.88. The first-order chi connectivity index (χ1) is 43.5. The molecule has 0 radical (unpaired) electrons. The van der Waals surface area contributed by atoms with E-state index in [9.17, 15) is 137 Å². The van der Waals surface area contributed by atoms with E-state index in [1.807, 2.05) is 5.32 Å². The summed E-state index contributed by atoms with van der Waals surface area (Å²) in [5.74, 6) is -72.5. The van der Waals surface area contributed by atoms with Gasteiger partial charge in [0, 0.05) is 38.8 Å². The monoisotopic (exact) mass is 1410 g/mol. The van der Waals surface area contributed by atoms with Crippen LogP contribution in [0.3, 0.4) is 0 Å². The van der Waals surface area contributed by atoms with Gasteiger partial charge in [-0.25, -0.2) is 0 Å². The Morgan fingerprint density at radius 3 is 1.60 bits per heavy atom. The van der Waals surface area contributed by atoms with Crippen LogP contribution in [0.15, 0.2) is 24.3 Å². The molecule has 43 heteroatoms. The van der Waals surface area contributed by atoms with E-state index < -0.39 is 232 Å². The van der Waals surface area contributed by atoms with Crippen molar-refractivity contribution in [3.63, 3.8) is 0 Å². The highest BCUT2D eigenvalue weighted by atomic mass is 19.4. The van der Waals surface area contributed by atoms with Gasteiger partial charge in [0.1, 0.15) is 42.0 Å². The summed E-state index contributed by atoms with van der Waals surface area (Å²) in [7, 11) is 0. The lowest BCUT2D eigenvalue weighted by Crippen LogP contribution is -2.74. The number of amides is 12.